The highest BCUT2D eigenvalue weighted by Gasteiger charge is 2.66. The Bertz CT molecular complexity index is 2000. The predicted octanol–water partition coefficient (Wildman–Crippen LogP) is 4.54. The Labute approximate surface area is 302 Å². The van der Waals surface area contributed by atoms with E-state index in [4.69, 9.17) is 14.2 Å². The van der Waals surface area contributed by atoms with Gasteiger partial charge in [0.05, 0.1) is 50.7 Å². The first-order valence-corrected chi connectivity index (χ1v) is 20.5. The Morgan fingerprint density at radius 2 is 1.90 bits per heavy atom. The molecule has 3 aliphatic rings. The predicted molar refractivity (Wildman–Crippen MR) is 194 cm³/mol. The number of benzene rings is 3. The molecule has 3 aromatic carbocycles. The monoisotopic (exact) mass is 726 g/mol. The first-order valence-electron chi connectivity index (χ1n) is 17.4. The molecule has 0 unspecified atom stereocenters. The maximum absolute atomic E-state index is 15.2. The minimum atomic E-state index is -2.47. The minimum absolute atomic E-state index is 0.0343. The van der Waals surface area contributed by atoms with Crippen LogP contribution in [0.5, 0.6) is 5.75 Å². The summed E-state index contributed by atoms with van der Waals surface area (Å²) in [5, 5.41) is 31.2. The van der Waals surface area contributed by atoms with Gasteiger partial charge in [-0.25, -0.2) is 4.79 Å². The second-order valence-corrected chi connectivity index (χ2v) is 18.9. The summed E-state index contributed by atoms with van der Waals surface area (Å²) < 4.78 is 19.5. The van der Waals surface area contributed by atoms with E-state index in [1.54, 1.807) is 27.7 Å². The first-order chi connectivity index (χ1) is 25.0. The molecular weight excluding hydrogens is 685 g/mol. The standard InChI is InChI=1S/C37H42N6O8Si/c1-24-34(52(3,4)30-11-9-29(49-2)10-12-30)33(14-16-40-23-26(15-18-44)38-39-40)51-37(24)31-21-28(43(47)48)8-13-32(31)42(35(37)45)22-25-6-5-7-27(20-25)41-17-19-50-36(41)46/h5-13,20-21,23-24,33-34,44H,14-19,22H2,1-4H3/t24-,33+,34-,37+/m1/s1. The molecule has 2 saturated heterocycles. The number of non-ortho nitro benzene ring substituents is 1. The van der Waals surface area contributed by atoms with Crippen molar-refractivity contribution in [2.24, 2.45) is 5.92 Å². The number of nitro groups is 1. The number of aromatic nitrogens is 3. The van der Waals surface area contributed by atoms with Crippen molar-refractivity contribution >= 4 is 42.3 Å². The molecule has 3 aliphatic heterocycles. The average molecular weight is 727 g/mol. The van der Waals surface area contributed by atoms with Crippen LogP contribution in [0.4, 0.5) is 21.9 Å². The summed E-state index contributed by atoms with van der Waals surface area (Å²) in [5.41, 5.74) is 1.46. The van der Waals surface area contributed by atoms with Gasteiger partial charge in [0.25, 0.3) is 11.6 Å². The van der Waals surface area contributed by atoms with Crippen LogP contribution in [0.25, 0.3) is 0 Å². The van der Waals surface area contributed by atoms with E-state index in [0.29, 0.717) is 55.2 Å². The van der Waals surface area contributed by atoms with Crippen LogP contribution < -0.4 is 19.7 Å². The fourth-order valence-electron chi connectivity index (χ4n) is 8.41. The lowest BCUT2D eigenvalue weighted by Crippen LogP contribution is -2.51. The van der Waals surface area contributed by atoms with Gasteiger partial charge in [0.1, 0.15) is 12.4 Å². The molecule has 15 heteroatoms. The molecule has 7 rings (SSSR count). The number of carbonyl (C=O) groups is 2. The molecule has 0 bridgehead atoms. The normalized spacial score (nSPS) is 22.7. The third-order valence-corrected chi connectivity index (χ3v) is 15.3. The molecule has 272 valence electrons. The van der Waals surface area contributed by atoms with Crippen LogP contribution in [-0.2, 0) is 39.4 Å². The quantitative estimate of drug-likeness (QED) is 0.125. The summed E-state index contributed by atoms with van der Waals surface area (Å²) >= 11 is 0. The van der Waals surface area contributed by atoms with Crippen LogP contribution >= 0.6 is 0 Å². The third kappa shape index (κ3) is 6.01. The Morgan fingerprint density at radius 1 is 1.12 bits per heavy atom. The molecule has 1 N–H and O–H groups in total. The van der Waals surface area contributed by atoms with Gasteiger partial charge in [-0.1, -0.05) is 54.7 Å². The molecule has 1 spiro atoms. The number of nitro benzene ring substituents is 1. The number of aryl methyl sites for hydroxylation is 1. The highest BCUT2D eigenvalue weighted by atomic mass is 28.3. The Hall–Kier alpha value is -5.12. The zero-order valence-corrected chi connectivity index (χ0v) is 30.6. The lowest BCUT2D eigenvalue weighted by Gasteiger charge is -2.37. The number of hydrogen-bond donors (Lipinski definition) is 1. The van der Waals surface area contributed by atoms with Crippen molar-refractivity contribution < 1.29 is 33.8 Å². The summed E-state index contributed by atoms with van der Waals surface area (Å²) in [4.78, 5) is 42.4. The lowest BCUT2D eigenvalue weighted by molar-refractivity contribution is -0.385. The maximum Gasteiger partial charge on any atom is 0.414 e. The smallest absolute Gasteiger partial charge is 0.414 e. The Balaban J connectivity index is 1.30. The van der Waals surface area contributed by atoms with Crippen molar-refractivity contribution in [3.05, 3.63) is 99.9 Å². The van der Waals surface area contributed by atoms with E-state index >= 15 is 4.79 Å². The average Bonchev–Trinajstić information content (AvgIpc) is 3.90. The second-order valence-electron chi connectivity index (χ2n) is 14.2. The molecule has 4 atom stereocenters. The summed E-state index contributed by atoms with van der Waals surface area (Å²) in [5.74, 6) is 0.0983. The van der Waals surface area contributed by atoms with Crippen molar-refractivity contribution in [3.8, 4) is 5.75 Å². The van der Waals surface area contributed by atoms with Crippen molar-refractivity contribution in [2.75, 3.05) is 36.7 Å². The van der Waals surface area contributed by atoms with E-state index in [-0.39, 0.29) is 36.2 Å². The Morgan fingerprint density at radius 3 is 2.60 bits per heavy atom. The van der Waals surface area contributed by atoms with E-state index in [2.05, 4.69) is 35.5 Å². The van der Waals surface area contributed by atoms with Gasteiger partial charge in [0, 0.05) is 55.1 Å². The number of ether oxygens (including phenoxy) is 3. The minimum Gasteiger partial charge on any atom is -0.497 e. The number of amides is 2. The van der Waals surface area contributed by atoms with Gasteiger partial charge < -0.3 is 24.2 Å². The third-order valence-electron chi connectivity index (χ3n) is 11.0. The molecule has 0 aliphatic carbocycles. The van der Waals surface area contributed by atoms with Gasteiger partial charge in [0.2, 0.25) is 0 Å². The van der Waals surface area contributed by atoms with Gasteiger partial charge in [0.15, 0.2) is 5.60 Å². The van der Waals surface area contributed by atoms with Crippen LogP contribution in [-0.4, -0.2) is 78.1 Å². The zero-order chi connectivity index (χ0) is 36.8. The van der Waals surface area contributed by atoms with E-state index in [1.807, 2.05) is 49.5 Å². The van der Waals surface area contributed by atoms with Crippen LogP contribution in [0.2, 0.25) is 18.6 Å². The molecule has 4 heterocycles. The molecule has 2 amide bonds. The van der Waals surface area contributed by atoms with Crippen molar-refractivity contribution in [2.45, 2.75) is 63.2 Å². The van der Waals surface area contributed by atoms with E-state index in [9.17, 15) is 20.0 Å². The molecule has 14 nitrogen and oxygen atoms in total. The molecule has 4 aromatic rings. The van der Waals surface area contributed by atoms with Crippen molar-refractivity contribution in [1.82, 2.24) is 15.0 Å². The number of rotatable bonds is 12. The number of aliphatic hydroxyl groups excluding tert-OH is 1. The van der Waals surface area contributed by atoms with Crippen LogP contribution in [0.1, 0.15) is 30.2 Å². The first kappa shape index (κ1) is 35.3. The summed E-state index contributed by atoms with van der Waals surface area (Å²) in [6, 6.07) is 20.1. The number of fused-ring (bicyclic) bond motifs is 2. The summed E-state index contributed by atoms with van der Waals surface area (Å²) in [7, 11) is -0.842. The number of cyclic esters (lactones) is 1. The number of nitrogens with zero attached hydrogens (tertiary/aromatic N) is 6. The van der Waals surface area contributed by atoms with Crippen LogP contribution in [0.3, 0.4) is 0 Å². The van der Waals surface area contributed by atoms with E-state index < -0.39 is 30.8 Å². The number of methoxy groups -OCH3 is 1. The fourth-order valence-corrected chi connectivity index (χ4v) is 12.5. The topological polar surface area (TPSA) is 162 Å². The molecule has 2 fully saturated rings. The lowest BCUT2D eigenvalue weighted by atomic mass is 9.82. The van der Waals surface area contributed by atoms with Crippen LogP contribution in [0, 0.1) is 16.0 Å². The Kier molecular flexibility index (Phi) is 9.35. The number of carbonyl (C=O) groups excluding carboxylic acids is 2. The zero-order valence-electron chi connectivity index (χ0n) is 29.6. The highest BCUT2D eigenvalue weighted by Crippen LogP contribution is 2.60. The van der Waals surface area contributed by atoms with Crippen LogP contribution in [0.15, 0.2) is 72.9 Å². The maximum atomic E-state index is 15.2. The second kappa shape index (κ2) is 13.8. The van der Waals surface area contributed by atoms with Gasteiger partial charge in [-0.05, 0) is 47.9 Å². The van der Waals surface area contributed by atoms with Crippen molar-refractivity contribution in [1.29, 1.82) is 0 Å². The summed E-state index contributed by atoms with van der Waals surface area (Å²) in [6.07, 6.45) is 1.88. The molecule has 0 radical (unpaired) electrons. The van der Waals surface area contributed by atoms with Gasteiger partial charge in [-0.3, -0.25) is 24.5 Å². The molecule has 52 heavy (non-hydrogen) atoms. The van der Waals surface area contributed by atoms with Gasteiger partial charge in [-0.15, -0.1) is 5.10 Å². The highest BCUT2D eigenvalue weighted by molar-refractivity contribution is 6.91. The largest absolute Gasteiger partial charge is 0.497 e. The SMILES string of the molecule is COc1ccc([Si](C)(C)[C@H]2[C@H](CCn3cc(CCO)nn3)O[C@@]3(C(=O)N(Cc4cccc(N5CCOC5=O)c4)c4ccc([N+](=O)[O-])cc43)[C@@H]2C)cc1. The molecule has 0 saturated carbocycles. The molecular formula is C37H42N6O8Si. The van der Waals surface area contributed by atoms with Gasteiger partial charge >= 0.3 is 6.09 Å². The van der Waals surface area contributed by atoms with E-state index in [1.165, 1.54) is 17.3 Å². The summed E-state index contributed by atoms with van der Waals surface area (Å²) in [6.45, 7) is 7.92. The van der Waals surface area contributed by atoms with Gasteiger partial charge in [-0.2, -0.15) is 0 Å². The molecule has 1 aromatic heterocycles. The number of anilines is 2. The van der Waals surface area contributed by atoms with E-state index in [0.717, 1.165) is 11.3 Å². The van der Waals surface area contributed by atoms with Crippen molar-refractivity contribution in [3.63, 3.8) is 0 Å². The number of hydrogen-bond acceptors (Lipinski definition) is 10. The fraction of sp³-hybridized carbons (Fsp3) is 0.405. The number of aliphatic hydroxyl groups is 1.